The van der Waals surface area contributed by atoms with Gasteiger partial charge in [-0.3, -0.25) is 0 Å². The highest BCUT2D eigenvalue weighted by Gasteiger charge is 2.42. The van der Waals surface area contributed by atoms with Crippen LogP contribution in [0.3, 0.4) is 0 Å². The van der Waals surface area contributed by atoms with Gasteiger partial charge < -0.3 is 14.8 Å². The Morgan fingerprint density at radius 1 is 1.33 bits per heavy atom. The van der Waals surface area contributed by atoms with E-state index in [1.54, 1.807) is 7.11 Å². The van der Waals surface area contributed by atoms with E-state index in [1.807, 2.05) is 18.2 Å². The lowest BCUT2D eigenvalue weighted by Gasteiger charge is -2.43. The Kier molecular flexibility index (Phi) is 6.33. The highest BCUT2D eigenvalue weighted by atomic mass is 35.5. The molecule has 0 aliphatic carbocycles. The number of rotatable bonds is 6. The first kappa shape index (κ1) is 17.0. The molecule has 1 unspecified atom stereocenters. The van der Waals surface area contributed by atoms with E-state index in [2.05, 4.69) is 12.2 Å². The van der Waals surface area contributed by atoms with E-state index >= 15 is 0 Å². The Bertz CT molecular complexity index is 462. The molecule has 2 rings (SSSR count). The van der Waals surface area contributed by atoms with E-state index in [4.69, 9.17) is 32.7 Å². The van der Waals surface area contributed by atoms with Gasteiger partial charge in [-0.05, 0) is 36.7 Å². The minimum atomic E-state index is -0.304. The zero-order valence-corrected chi connectivity index (χ0v) is 14.1. The van der Waals surface area contributed by atoms with Gasteiger partial charge in [0.2, 0.25) is 0 Å². The fourth-order valence-corrected chi connectivity index (χ4v) is 3.34. The molecular formula is C16H23Cl2NO2. The SMILES string of the molecule is CCCNC(c1cc(Cl)ccc1Cl)C1(OC)CCOCC1. The summed E-state index contributed by atoms with van der Waals surface area (Å²) in [5.74, 6) is 0. The monoisotopic (exact) mass is 331 g/mol. The lowest BCUT2D eigenvalue weighted by Crippen LogP contribution is -2.49. The van der Waals surface area contributed by atoms with Crippen LogP contribution in [0.4, 0.5) is 0 Å². The van der Waals surface area contributed by atoms with Crippen LogP contribution in [-0.4, -0.2) is 32.5 Å². The molecule has 0 bridgehead atoms. The van der Waals surface area contributed by atoms with Gasteiger partial charge in [0.15, 0.2) is 0 Å². The number of hydrogen-bond donors (Lipinski definition) is 1. The first-order valence-electron chi connectivity index (χ1n) is 7.44. The van der Waals surface area contributed by atoms with Gasteiger partial charge in [0.25, 0.3) is 0 Å². The number of halogens is 2. The van der Waals surface area contributed by atoms with Crippen molar-refractivity contribution in [3.63, 3.8) is 0 Å². The lowest BCUT2D eigenvalue weighted by molar-refractivity contribution is -0.111. The van der Waals surface area contributed by atoms with Gasteiger partial charge in [-0.25, -0.2) is 0 Å². The second-order valence-corrected chi connectivity index (χ2v) is 6.28. The van der Waals surface area contributed by atoms with Crippen LogP contribution in [0.15, 0.2) is 18.2 Å². The zero-order chi connectivity index (χ0) is 15.3. The molecule has 1 saturated heterocycles. The van der Waals surface area contributed by atoms with Crippen molar-refractivity contribution in [3.05, 3.63) is 33.8 Å². The summed E-state index contributed by atoms with van der Waals surface area (Å²) in [6.45, 7) is 4.46. The molecule has 1 N–H and O–H groups in total. The summed E-state index contributed by atoms with van der Waals surface area (Å²) in [6.07, 6.45) is 2.73. The smallest absolute Gasteiger partial charge is 0.0916 e. The van der Waals surface area contributed by atoms with E-state index < -0.39 is 0 Å². The van der Waals surface area contributed by atoms with Crippen molar-refractivity contribution in [1.29, 1.82) is 0 Å². The lowest BCUT2D eigenvalue weighted by atomic mass is 9.82. The summed E-state index contributed by atoms with van der Waals surface area (Å²) < 4.78 is 11.4. The second-order valence-electron chi connectivity index (χ2n) is 5.43. The van der Waals surface area contributed by atoms with E-state index in [0.717, 1.165) is 36.4 Å². The van der Waals surface area contributed by atoms with Gasteiger partial charge in [0, 0.05) is 43.2 Å². The highest BCUT2D eigenvalue weighted by molar-refractivity contribution is 6.33. The van der Waals surface area contributed by atoms with Gasteiger partial charge in [0.1, 0.15) is 0 Å². The Morgan fingerprint density at radius 2 is 2.05 bits per heavy atom. The largest absolute Gasteiger partial charge is 0.381 e. The van der Waals surface area contributed by atoms with Gasteiger partial charge in [0.05, 0.1) is 11.6 Å². The maximum Gasteiger partial charge on any atom is 0.0916 e. The van der Waals surface area contributed by atoms with E-state index in [9.17, 15) is 0 Å². The first-order chi connectivity index (χ1) is 10.1. The van der Waals surface area contributed by atoms with Gasteiger partial charge in [-0.2, -0.15) is 0 Å². The maximum absolute atomic E-state index is 6.42. The number of nitrogens with one attached hydrogen (secondary N) is 1. The van der Waals surface area contributed by atoms with Gasteiger partial charge in [-0.15, -0.1) is 0 Å². The Morgan fingerprint density at radius 3 is 2.67 bits per heavy atom. The zero-order valence-electron chi connectivity index (χ0n) is 12.6. The molecule has 5 heteroatoms. The molecule has 0 spiro atoms. The van der Waals surface area contributed by atoms with E-state index in [0.29, 0.717) is 18.2 Å². The maximum atomic E-state index is 6.42. The molecule has 118 valence electrons. The minimum Gasteiger partial charge on any atom is -0.381 e. The molecule has 1 aliphatic heterocycles. The first-order valence-corrected chi connectivity index (χ1v) is 8.20. The molecule has 1 fully saturated rings. The van der Waals surface area contributed by atoms with Crippen molar-refractivity contribution in [2.45, 2.75) is 37.8 Å². The van der Waals surface area contributed by atoms with Crippen molar-refractivity contribution in [2.24, 2.45) is 0 Å². The molecule has 1 aromatic carbocycles. The predicted molar refractivity (Wildman–Crippen MR) is 87.3 cm³/mol. The molecule has 1 aliphatic rings. The molecule has 1 aromatic rings. The van der Waals surface area contributed by atoms with Crippen LogP contribution >= 0.6 is 23.2 Å². The molecule has 0 amide bonds. The highest BCUT2D eigenvalue weighted by Crippen LogP contribution is 2.40. The topological polar surface area (TPSA) is 30.5 Å². The average molecular weight is 332 g/mol. The molecule has 1 heterocycles. The molecule has 1 atom stereocenters. The second kappa shape index (κ2) is 7.80. The van der Waals surface area contributed by atoms with Crippen LogP contribution in [0.2, 0.25) is 10.0 Å². The fraction of sp³-hybridized carbons (Fsp3) is 0.625. The van der Waals surface area contributed by atoms with Crippen LogP contribution in [0.1, 0.15) is 37.8 Å². The van der Waals surface area contributed by atoms with Gasteiger partial charge in [-0.1, -0.05) is 30.1 Å². The van der Waals surface area contributed by atoms with Crippen molar-refractivity contribution < 1.29 is 9.47 Å². The van der Waals surface area contributed by atoms with Crippen LogP contribution in [0.25, 0.3) is 0 Å². The van der Waals surface area contributed by atoms with Crippen molar-refractivity contribution in [3.8, 4) is 0 Å². The standard InChI is InChI=1S/C16H23Cl2NO2/c1-3-8-19-15(13-11-12(17)4-5-14(13)18)16(20-2)6-9-21-10-7-16/h4-5,11,15,19H,3,6-10H2,1-2H3. The fourth-order valence-electron chi connectivity index (χ4n) is 2.93. The third-order valence-electron chi connectivity index (χ3n) is 4.14. The summed E-state index contributed by atoms with van der Waals surface area (Å²) in [7, 11) is 1.77. The number of methoxy groups -OCH3 is 1. The molecule has 0 aromatic heterocycles. The third-order valence-corrected chi connectivity index (χ3v) is 4.72. The average Bonchev–Trinajstić information content (AvgIpc) is 2.51. The van der Waals surface area contributed by atoms with Crippen molar-refractivity contribution in [1.82, 2.24) is 5.32 Å². The number of hydrogen-bond acceptors (Lipinski definition) is 3. The summed E-state index contributed by atoms with van der Waals surface area (Å²) in [6, 6.07) is 5.61. The van der Waals surface area contributed by atoms with E-state index in [1.165, 1.54) is 0 Å². The molecule has 0 radical (unpaired) electrons. The van der Waals surface area contributed by atoms with E-state index in [-0.39, 0.29) is 11.6 Å². The third kappa shape index (κ3) is 3.91. The normalized spacial score (nSPS) is 19.4. The Labute approximate surface area is 136 Å². The summed E-state index contributed by atoms with van der Waals surface area (Å²) in [5.41, 5.74) is 0.697. The van der Waals surface area contributed by atoms with Crippen LogP contribution in [0, 0.1) is 0 Å². The van der Waals surface area contributed by atoms with Crippen LogP contribution < -0.4 is 5.32 Å². The quantitative estimate of drug-likeness (QED) is 0.846. The van der Waals surface area contributed by atoms with Gasteiger partial charge >= 0.3 is 0 Å². The predicted octanol–water partition coefficient (Wildman–Crippen LogP) is 4.23. The number of ether oxygens (including phenoxy) is 2. The summed E-state index contributed by atoms with van der Waals surface area (Å²) in [4.78, 5) is 0. The molecule has 21 heavy (non-hydrogen) atoms. The Hall–Kier alpha value is -0.320. The molecule has 3 nitrogen and oxygen atoms in total. The Balaban J connectivity index is 2.38. The van der Waals surface area contributed by atoms with Crippen LogP contribution in [0.5, 0.6) is 0 Å². The molecular weight excluding hydrogens is 309 g/mol. The van der Waals surface area contributed by atoms with Crippen molar-refractivity contribution in [2.75, 3.05) is 26.9 Å². The summed E-state index contributed by atoms with van der Waals surface area (Å²) >= 11 is 12.6. The minimum absolute atomic E-state index is 0.0116. The van der Waals surface area contributed by atoms with Crippen molar-refractivity contribution >= 4 is 23.2 Å². The van der Waals surface area contributed by atoms with Crippen LogP contribution in [-0.2, 0) is 9.47 Å². The number of benzene rings is 1. The summed E-state index contributed by atoms with van der Waals surface area (Å²) in [5, 5.41) is 5.00. The molecule has 0 saturated carbocycles.